The number of carbonyl (C=O) groups excluding carboxylic acids is 4. The lowest BCUT2D eigenvalue weighted by molar-refractivity contribution is -0.130. The van der Waals surface area contributed by atoms with Crippen LogP contribution in [0.2, 0.25) is 0 Å². The summed E-state index contributed by atoms with van der Waals surface area (Å²) in [7, 11) is 0. The van der Waals surface area contributed by atoms with Crippen LogP contribution in [0.1, 0.15) is 53.5 Å². The molecule has 0 radical (unpaired) electrons. The summed E-state index contributed by atoms with van der Waals surface area (Å²) in [6, 6.07) is 6.76. The molecule has 0 fully saturated rings. The van der Waals surface area contributed by atoms with E-state index in [2.05, 4.69) is 16.0 Å². The lowest BCUT2D eigenvalue weighted by Gasteiger charge is -2.25. The third kappa shape index (κ3) is 10.6. The fourth-order valence-corrected chi connectivity index (χ4v) is 2.85. The third-order valence-electron chi connectivity index (χ3n) is 4.26. The molecule has 3 atom stereocenters. The van der Waals surface area contributed by atoms with Crippen molar-refractivity contribution in [2.45, 2.75) is 78.1 Å². The number of alkyl carbamates (subject to hydrolysis) is 1. The van der Waals surface area contributed by atoms with Crippen LogP contribution in [0, 0.1) is 5.92 Å². The molecular weight excluding hydrogens is 398 g/mol. The van der Waals surface area contributed by atoms with Gasteiger partial charge in [0, 0.05) is 6.42 Å². The van der Waals surface area contributed by atoms with Gasteiger partial charge in [-0.2, -0.15) is 0 Å². The van der Waals surface area contributed by atoms with Gasteiger partial charge in [-0.1, -0.05) is 44.2 Å². The van der Waals surface area contributed by atoms with Gasteiger partial charge in [0.2, 0.25) is 11.8 Å². The molecule has 0 aliphatic carbocycles. The first-order valence-corrected chi connectivity index (χ1v) is 10.5. The van der Waals surface area contributed by atoms with Crippen molar-refractivity contribution in [2.24, 2.45) is 5.92 Å². The van der Waals surface area contributed by atoms with E-state index in [1.54, 1.807) is 20.8 Å². The molecule has 3 amide bonds. The summed E-state index contributed by atoms with van der Waals surface area (Å²) in [5.74, 6) is -0.764. The SMILES string of the molecule is CC(C)C[C@@H](C=O)NC(=O)[C@H](C)NC(=O)[C@H](Cc1ccccc1)NC(=O)OC(C)(C)C. The van der Waals surface area contributed by atoms with Gasteiger partial charge in [0.25, 0.3) is 0 Å². The van der Waals surface area contributed by atoms with Gasteiger partial charge >= 0.3 is 6.09 Å². The quantitative estimate of drug-likeness (QED) is 0.490. The number of benzene rings is 1. The summed E-state index contributed by atoms with van der Waals surface area (Å²) in [6.45, 7) is 10.6. The fourth-order valence-electron chi connectivity index (χ4n) is 2.85. The number of amides is 3. The number of rotatable bonds is 10. The van der Waals surface area contributed by atoms with E-state index in [1.807, 2.05) is 44.2 Å². The van der Waals surface area contributed by atoms with Crippen LogP contribution in [-0.4, -0.2) is 47.9 Å². The van der Waals surface area contributed by atoms with Gasteiger partial charge < -0.3 is 25.5 Å². The molecule has 1 aromatic carbocycles. The summed E-state index contributed by atoms with van der Waals surface area (Å²) in [6.07, 6.45) is 0.699. The molecule has 0 aromatic heterocycles. The summed E-state index contributed by atoms with van der Waals surface area (Å²) in [5.41, 5.74) is 0.124. The van der Waals surface area contributed by atoms with Crippen LogP contribution < -0.4 is 16.0 Å². The Labute approximate surface area is 184 Å². The van der Waals surface area contributed by atoms with Crippen LogP contribution in [-0.2, 0) is 25.5 Å². The van der Waals surface area contributed by atoms with Crippen molar-refractivity contribution in [2.75, 3.05) is 0 Å². The van der Waals surface area contributed by atoms with Crippen LogP contribution in [0.25, 0.3) is 0 Å². The van der Waals surface area contributed by atoms with Crippen LogP contribution in [0.4, 0.5) is 4.79 Å². The fraction of sp³-hybridized carbons (Fsp3) is 0.565. The maximum atomic E-state index is 12.9. The van der Waals surface area contributed by atoms with Crippen molar-refractivity contribution in [3.8, 4) is 0 Å². The predicted octanol–water partition coefficient (Wildman–Crippen LogP) is 2.36. The highest BCUT2D eigenvalue weighted by Gasteiger charge is 2.27. The minimum atomic E-state index is -0.940. The highest BCUT2D eigenvalue weighted by atomic mass is 16.6. The number of hydrogen-bond acceptors (Lipinski definition) is 5. The number of carbonyl (C=O) groups is 4. The van der Waals surface area contributed by atoms with Gasteiger partial charge in [-0.25, -0.2) is 4.79 Å². The Morgan fingerprint density at radius 2 is 1.58 bits per heavy atom. The van der Waals surface area contributed by atoms with Crippen LogP contribution in [0.3, 0.4) is 0 Å². The lowest BCUT2D eigenvalue weighted by Crippen LogP contribution is -2.55. The van der Waals surface area contributed by atoms with Crippen molar-refractivity contribution in [1.82, 2.24) is 16.0 Å². The Morgan fingerprint density at radius 3 is 2.10 bits per heavy atom. The van der Waals surface area contributed by atoms with Crippen LogP contribution in [0.15, 0.2) is 30.3 Å². The molecule has 1 rings (SSSR count). The second kappa shape index (κ2) is 12.1. The zero-order chi connectivity index (χ0) is 23.6. The van der Waals surface area contributed by atoms with E-state index in [1.165, 1.54) is 6.92 Å². The minimum absolute atomic E-state index is 0.227. The third-order valence-corrected chi connectivity index (χ3v) is 4.26. The van der Waals surface area contributed by atoms with Crippen LogP contribution in [0.5, 0.6) is 0 Å². The Hall–Kier alpha value is -2.90. The first-order valence-electron chi connectivity index (χ1n) is 10.5. The second-order valence-corrected chi connectivity index (χ2v) is 9.00. The molecule has 8 nitrogen and oxygen atoms in total. The zero-order valence-electron chi connectivity index (χ0n) is 19.2. The first kappa shape index (κ1) is 26.1. The summed E-state index contributed by atoms with van der Waals surface area (Å²) in [5, 5.41) is 7.83. The standard InChI is InChI=1S/C23H35N3O5/c1-15(2)12-18(14-27)25-20(28)16(3)24-21(29)19(13-17-10-8-7-9-11-17)26-22(30)31-23(4,5)6/h7-11,14-16,18-19H,12-13H2,1-6H3,(H,24,29)(H,25,28)(H,26,30)/t16-,18-,19-/m0/s1. The van der Waals surface area contributed by atoms with Crippen molar-refractivity contribution in [3.05, 3.63) is 35.9 Å². The van der Waals surface area contributed by atoms with Crippen molar-refractivity contribution >= 4 is 24.2 Å². The van der Waals surface area contributed by atoms with Gasteiger partial charge in [0.1, 0.15) is 24.0 Å². The van der Waals surface area contributed by atoms with E-state index in [9.17, 15) is 19.2 Å². The molecule has 0 aliphatic rings. The smallest absolute Gasteiger partial charge is 0.408 e. The Morgan fingerprint density at radius 1 is 0.968 bits per heavy atom. The Balaban J connectivity index is 2.84. The summed E-state index contributed by atoms with van der Waals surface area (Å²) >= 11 is 0. The Kier molecular flexibility index (Phi) is 10.2. The van der Waals surface area contributed by atoms with Crippen molar-refractivity contribution in [1.29, 1.82) is 0 Å². The molecule has 0 spiro atoms. The molecular formula is C23H35N3O5. The van der Waals surface area contributed by atoms with Gasteiger partial charge in [0.15, 0.2) is 0 Å². The molecule has 0 aliphatic heterocycles. The number of nitrogens with one attached hydrogen (secondary N) is 3. The average molecular weight is 434 g/mol. The van der Waals surface area contributed by atoms with E-state index in [-0.39, 0.29) is 12.3 Å². The maximum absolute atomic E-state index is 12.9. The van der Waals surface area contributed by atoms with Gasteiger partial charge in [-0.3, -0.25) is 9.59 Å². The molecule has 0 heterocycles. The molecule has 0 unspecified atom stereocenters. The lowest BCUT2D eigenvalue weighted by atomic mass is 10.0. The predicted molar refractivity (Wildman–Crippen MR) is 118 cm³/mol. The average Bonchev–Trinajstić information content (AvgIpc) is 2.65. The monoisotopic (exact) mass is 433 g/mol. The normalized spacial score (nSPS) is 14.2. The molecule has 1 aromatic rings. The van der Waals surface area contributed by atoms with E-state index in [0.29, 0.717) is 12.7 Å². The van der Waals surface area contributed by atoms with Crippen molar-refractivity contribution in [3.63, 3.8) is 0 Å². The van der Waals surface area contributed by atoms with E-state index < -0.39 is 41.6 Å². The zero-order valence-corrected chi connectivity index (χ0v) is 19.2. The number of ether oxygens (including phenoxy) is 1. The van der Waals surface area contributed by atoms with Crippen LogP contribution >= 0.6 is 0 Å². The molecule has 31 heavy (non-hydrogen) atoms. The molecule has 0 saturated carbocycles. The summed E-state index contributed by atoms with van der Waals surface area (Å²) < 4.78 is 5.26. The molecule has 0 saturated heterocycles. The molecule has 0 bridgehead atoms. The first-order chi connectivity index (χ1) is 14.4. The largest absolute Gasteiger partial charge is 0.444 e. The Bertz CT molecular complexity index is 743. The molecule has 3 N–H and O–H groups in total. The van der Waals surface area contributed by atoms with E-state index in [4.69, 9.17) is 4.74 Å². The van der Waals surface area contributed by atoms with Gasteiger partial charge in [-0.05, 0) is 45.6 Å². The number of hydrogen-bond donors (Lipinski definition) is 3. The maximum Gasteiger partial charge on any atom is 0.408 e. The van der Waals surface area contributed by atoms with Gasteiger partial charge in [0.05, 0.1) is 6.04 Å². The van der Waals surface area contributed by atoms with E-state index in [0.717, 1.165) is 5.56 Å². The molecule has 172 valence electrons. The van der Waals surface area contributed by atoms with E-state index >= 15 is 0 Å². The van der Waals surface area contributed by atoms with Gasteiger partial charge in [-0.15, -0.1) is 0 Å². The minimum Gasteiger partial charge on any atom is -0.444 e. The summed E-state index contributed by atoms with van der Waals surface area (Å²) in [4.78, 5) is 48.7. The highest BCUT2D eigenvalue weighted by molar-refractivity contribution is 5.92. The highest BCUT2D eigenvalue weighted by Crippen LogP contribution is 2.09. The number of aldehydes is 1. The second-order valence-electron chi connectivity index (χ2n) is 9.00. The topological polar surface area (TPSA) is 114 Å². The molecule has 8 heteroatoms. The van der Waals surface area contributed by atoms with Crippen molar-refractivity contribution < 1.29 is 23.9 Å².